The fraction of sp³-hybridized carbons (Fsp3) is 0.500. The summed E-state index contributed by atoms with van der Waals surface area (Å²) in [6.07, 6.45) is 0.127. The van der Waals surface area contributed by atoms with E-state index in [1.165, 1.54) is 0 Å². The Morgan fingerprint density at radius 3 is 2.25 bits per heavy atom. The van der Waals surface area contributed by atoms with Gasteiger partial charge in [0.15, 0.2) is 6.29 Å². The first-order chi connectivity index (χ1) is 3.62. The highest BCUT2D eigenvalue weighted by molar-refractivity contribution is 6.30. The molecule has 0 aromatic carbocycles. The van der Waals surface area contributed by atoms with Gasteiger partial charge in [-0.3, -0.25) is 4.79 Å². The second kappa shape index (κ2) is 2.79. The first kappa shape index (κ1) is 7.59. The Bertz CT molecular complexity index is 99.5. The van der Waals surface area contributed by atoms with Crippen molar-refractivity contribution in [1.29, 1.82) is 0 Å². The highest BCUT2D eigenvalue weighted by Gasteiger charge is 2.20. The van der Waals surface area contributed by atoms with Crippen LogP contribution in [0.4, 0.5) is 0 Å². The molecule has 1 unspecified atom stereocenters. The molecule has 4 heteroatoms. The van der Waals surface area contributed by atoms with Crippen molar-refractivity contribution >= 4 is 24.2 Å². The largest absolute Gasteiger partial charge is 0.368 e. The molecule has 0 saturated carbocycles. The van der Waals surface area contributed by atoms with Crippen LogP contribution in [0.5, 0.6) is 0 Å². The third-order valence-corrected chi connectivity index (χ3v) is 0.794. The average Bonchev–Trinajstić information content (AvgIpc) is 1.67. The summed E-state index contributed by atoms with van der Waals surface area (Å²) in [6, 6.07) is 0. The summed E-state index contributed by atoms with van der Waals surface area (Å²) in [6.45, 7) is 0. The van der Waals surface area contributed by atoms with Crippen LogP contribution < -0.4 is 0 Å². The van der Waals surface area contributed by atoms with Crippen LogP contribution in [0.2, 0.25) is 0 Å². The van der Waals surface area contributed by atoms with Gasteiger partial charge in [0.25, 0.3) is 0 Å². The smallest absolute Gasteiger partial charge is 0.201 e. The van der Waals surface area contributed by atoms with E-state index in [-0.39, 0.29) is 12.7 Å². The number of rotatable bonds is 3. The van der Waals surface area contributed by atoms with Crippen LogP contribution in [0.15, 0.2) is 0 Å². The lowest BCUT2D eigenvalue weighted by Gasteiger charge is -2.05. The standard InChI is InChI=1S/C4H5ClO3/c5-4(8,3-7)1-2-6/h2-3,8H,1H2. The van der Waals surface area contributed by atoms with Crippen molar-refractivity contribution < 1.29 is 14.7 Å². The molecular weight excluding hydrogens is 131 g/mol. The van der Waals surface area contributed by atoms with Gasteiger partial charge in [0, 0.05) is 0 Å². The Morgan fingerprint density at radius 2 is 2.12 bits per heavy atom. The summed E-state index contributed by atoms with van der Waals surface area (Å²) in [5, 5.41) is 6.50. The zero-order chi connectivity index (χ0) is 6.62. The van der Waals surface area contributed by atoms with E-state index in [1.807, 2.05) is 0 Å². The first-order valence-electron chi connectivity index (χ1n) is 1.93. The Kier molecular flexibility index (Phi) is 2.65. The lowest BCUT2D eigenvalue weighted by molar-refractivity contribution is -0.121. The highest BCUT2D eigenvalue weighted by atomic mass is 35.5. The molecule has 0 fully saturated rings. The Hall–Kier alpha value is -0.410. The number of hydrogen-bond acceptors (Lipinski definition) is 3. The minimum Gasteiger partial charge on any atom is -0.368 e. The van der Waals surface area contributed by atoms with Gasteiger partial charge in [-0.25, -0.2) is 0 Å². The summed E-state index contributed by atoms with van der Waals surface area (Å²) in [5.74, 6) is 0. The van der Waals surface area contributed by atoms with Crippen LogP contribution in [-0.4, -0.2) is 22.7 Å². The summed E-state index contributed by atoms with van der Waals surface area (Å²) in [5.41, 5.74) is 0. The molecule has 0 rings (SSSR count). The monoisotopic (exact) mass is 136 g/mol. The number of carbonyl (C=O) groups excluding carboxylic acids is 2. The van der Waals surface area contributed by atoms with E-state index in [0.717, 1.165) is 0 Å². The van der Waals surface area contributed by atoms with Crippen LogP contribution in [-0.2, 0) is 9.59 Å². The van der Waals surface area contributed by atoms with Gasteiger partial charge < -0.3 is 9.90 Å². The van der Waals surface area contributed by atoms with E-state index in [1.54, 1.807) is 0 Å². The maximum absolute atomic E-state index is 9.68. The Balaban J connectivity index is 3.70. The molecule has 46 valence electrons. The fourth-order valence-corrected chi connectivity index (χ4v) is 0.228. The van der Waals surface area contributed by atoms with E-state index in [0.29, 0.717) is 6.29 Å². The summed E-state index contributed by atoms with van der Waals surface area (Å²) in [4.78, 5) is 19.3. The normalized spacial score (nSPS) is 16.8. The van der Waals surface area contributed by atoms with Crippen molar-refractivity contribution in [3.05, 3.63) is 0 Å². The second-order valence-electron chi connectivity index (χ2n) is 1.31. The van der Waals surface area contributed by atoms with Gasteiger partial charge in [0.05, 0.1) is 6.42 Å². The predicted octanol–water partition coefficient (Wildman–Crippen LogP) is -0.298. The Morgan fingerprint density at radius 1 is 1.62 bits per heavy atom. The van der Waals surface area contributed by atoms with E-state index < -0.39 is 5.06 Å². The number of halogens is 1. The number of aldehydes is 2. The van der Waals surface area contributed by atoms with Crippen LogP contribution in [0, 0.1) is 0 Å². The van der Waals surface area contributed by atoms with Crippen LogP contribution >= 0.6 is 11.6 Å². The molecule has 0 aliphatic rings. The molecule has 0 aliphatic heterocycles. The molecule has 0 aromatic rings. The first-order valence-corrected chi connectivity index (χ1v) is 2.31. The average molecular weight is 137 g/mol. The molecule has 0 spiro atoms. The molecular formula is C4H5ClO3. The number of alkyl halides is 1. The molecule has 1 atom stereocenters. The molecule has 8 heavy (non-hydrogen) atoms. The minimum atomic E-state index is -1.98. The van der Waals surface area contributed by atoms with E-state index in [9.17, 15) is 9.59 Å². The van der Waals surface area contributed by atoms with Crippen molar-refractivity contribution in [1.82, 2.24) is 0 Å². The topological polar surface area (TPSA) is 54.4 Å². The number of carbonyl (C=O) groups is 2. The quantitative estimate of drug-likeness (QED) is 0.428. The molecule has 1 N–H and O–H groups in total. The van der Waals surface area contributed by atoms with Gasteiger partial charge in [-0.2, -0.15) is 0 Å². The SMILES string of the molecule is O=CCC(O)(Cl)C=O. The van der Waals surface area contributed by atoms with Crippen molar-refractivity contribution in [2.45, 2.75) is 11.5 Å². The Labute approximate surface area is 51.3 Å². The molecule has 0 amide bonds. The van der Waals surface area contributed by atoms with Crippen LogP contribution in [0.3, 0.4) is 0 Å². The van der Waals surface area contributed by atoms with Crippen molar-refractivity contribution in [2.75, 3.05) is 0 Å². The second-order valence-corrected chi connectivity index (χ2v) is 1.96. The van der Waals surface area contributed by atoms with Crippen molar-refractivity contribution in [3.63, 3.8) is 0 Å². The molecule has 0 heterocycles. The summed E-state index contributed by atoms with van der Waals surface area (Å²) >= 11 is 4.98. The summed E-state index contributed by atoms with van der Waals surface area (Å²) in [7, 11) is 0. The van der Waals surface area contributed by atoms with Crippen LogP contribution in [0.25, 0.3) is 0 Å². The molecule has 0 saturated heterocycles. The van der Waals surface area contributed by atoms with Gasteiger partial charge in [-0.15, -0.1) is 0 Å². The number of aliphatic hydroxyl groups is 1. The lowest BCUT2D eigenvalue weighted by atomic mass is 10.3. The lowest BCUT2D eigenvalue weighted by Crippen LogP contribution is -2.22. The van der Waals surface area contributed by atoms with E-state index in [2.05, 4.69) is 0 Å². The van der Waals surface area contributed by atoms with Gasteiger partial charge in [-0.1, -0.05) is 11.6 Å². The molecule has 3 nitrogen and oxygen atoms in total. The summed E-state index contributed by atoms with van der Waals surface area (Å²) < 4.78 is 0. The van der Waals surface area contributed by atoms with Gasteiger partial charge in [0.1, 0.15) is 6.29 Å². The maximum atomic E-state index is 9.68. The third-order valence-electron chi connectivity index (χ3n) is 0.550. The van der Waals surface area contributed by atoms with Crippen molar-refractivity contribution in [2.24, 2.45) is 0 Å². The molecule has 0 aromatic heterocycles. The maximum Gasteiger partial charge on any atom is 0.201 e. The third kappa shape index (κ3) is 2.71. The van der Waals surface area contributed by atoms with Crippen molar-refractivity contribution in [3.8, 4) is 0 Å². The van der Waals surface area contributed by atoms with Gasteiger partial charge in [0.2, 0.25) is 5.06 Å². The molecule has 0 bridgehead atoms. The molecule has 0 radical (unpaired) electrons. The zero-order valence-corrected chi connectivity index (χ0v) is 4.76. The number of hydrogen-bond donors (Lipinski definition) is 1. The fourth-order valence-electron chi connectivity index (χ4n) is 0.165. The van der Waals surface area contributed by atoms with E-state index >= 15 is 0 Å². The van der Waals surface area contributed by atoms with Crippen LogP contribution in [0.1, 0.15) is 6.42 Å². The zero-order valence-electron chi connectivity index (χ0n) is 4.00. The van der Waals surface area contributed by atoms with Gasteiger partial charge >= 0.3 is 0 Å². The molecule has 0 aliphatic carbocycles. The highest BCUT2D eigenvalue weighted by Crippen LogP contribution is 2.09. The van der Waals surface area contributed by atoms with E-state index in [4.69, 9.17) is 16.7 Å². The van der Waals surface area contributed by atoms with Gasteiger partial charge in [-0.05, 0) is 0 Å². The minimum absolute atomic E-state index is 0.114. The predicted molar refractivity (Wildman–Crippen MR) is 27.5 cm³/mol.